The fourth-order valence-electron chi connectivity index (χ4n) is 1.60. The second-order valence-electron chi connectivity index (χ2n) is 4.13. The van der Waals surface area contributed by atoms with Crippen LogP contribution in [0.5, 0.6) is 0 Å². The van der Waals surface area contributed by atoms with Crippen LogP contribution in [0.3, 0.4) is 0 Å². The van der Waals surface area contributed by atoms with Gasteiger partial charge in [-0.2, -0.15) is 0 Å². The smallest absolute Gasteiger partial charge is 0.336 e. The highest BCUT2D eigenvalue weighted by Gasteiger charge is 2.18. The van der Waals surface area contributed by atoms with Crippen LogP contribution >= 0.6 is 22.6 Å². The number of carbonyl (C=O) groups is 1. The summed E-state index contributed by atoms with van der Waals surface area (Å²) >= 11 is 1.85. The fraction of sp³-hybridized carbons (Fsp3) is 0.0769. The van der Waals surface area contributed by atoms with Crippen molar-refractivity contribution in [1.82, 2.24) is 9.71 Å². The van der Waals surface area contributed by atoms with E-state index in [0.29, 0.717) is 9.13 Å². The third kappa shape index (κ3) is 3.99. The first-order valence-corrected chi connectivity index (χ1v) is 8.38. The zero-order chi connectivity index (χ0) is 15.5. The molecule has 8 heteroatoms. The van der Waals surface area contributed by atoms with Crippen LogP contribution in [-0.2, 0) is 16.6 Å². The Hall–Kier alpha value is -1.52. The van der Waals surface area contributed by atoms with E-state index in [1.165, 1.54) is 12.1 Å². The number of aromatic carboxylic acids is 1. The number of hydrogen-bond donors (Lipinski definition) is 2. The fourth-order valence-corrected chi connectivity index (χ4v) is 3.21. The van der Waals surface area contributed by atoms with Gasteiger partial charge in [0.2, 0.25) is 10.0 Å². The zero-order valence-electron chi connectivity index (χ0n) is 10.7. The summed E-state index contributed by atoms with van der Waals surface area (Å²) in [6, 6.07) is 7.43. The van der Waals surface area contributed by atoms with Crippen molar-refractivity contribution in [3.05, 3.63) is 57.4 Å². The number of nitrogens with one attached hydrogen (secondary N) is 1. The highest BCUT2D eigenvalue weighted by Crippen LogP contribution is 2.18. The molecule has 0 saturated carbocycles. The second-order valence-corrected chi connectivity index (χ2v) is 7.06. The number of carboxylic acid groups (broad SMARTS) is 1. The first-order valence-electron chi connectivity index (χ1n) is 5.81. The molecule has 0 aliphatic carbocycles. The highest BCUT2D eigenvalue weighted by atomic mass is 127. The van der Waals surface area contributed by atoms with Crippen LogP contribution in [-0.4, -0.2) is 24.5 Å². The molecular weight excluding hydrogens is 407 g/mol. The summed E-state index contributed by atoms with van der Waals surface area (Å²) in [6.07, 6.45) is 3.15. The zero-order valence-corrected chi connectivity index (χ0v) is 13.6. The van der Waals surface area contributed by atoms with E-state index in [-0.39, 0.29) is 17.0 Å². The van der Waals surface area contributed by atoms with Gasteiger partial charge in [0, 0.05) is 22.5 Å². The molecule has 2 N–H and O–H groups in total. The maximum absolute atomic E-state index is 12.2. The number of aromatic nitrogens is 1. The second kappa shape index (κ2) is 6.50. The van der Waals surface area contributed by atoms with Crippen molar-refractivity contribution in [2.45, 2.75) is 11.4 Å². The largest absolute Gasteiger partial charge is 0.478 e. The van der Waals surface area contributed by atoms with Gasteiger partial charge in [-0.3, -0.25) is 4.98 Å². The Balaban J connectivity index is 2.24. The molecule has 0 saturated heterocycles. The Morgan fingerprint density at radius 3 is 2.71 bits per heavy atom. The van der Waals surface area contributed by atoms with E-state index in [0.717, 1.165) is 6.07 Å². The van der Waals surface area contributed by atoms with Gasteiger partial charge in [0.25, 0.3) is 0 Å². The molecule has 0 amide bonds. The van der Waals surface area contributed by atoms with Crippen molar-refractivity contribution in [2.24, 2.45) is 0 Å². The maximum atomic E-state index is 12.2. The first kappa shape index (κ1) is 15.9. The molecule has 0 unspecified atom stereocenters. The monoisotopic (exact) mass is 418 g/mol. The van der Waals surface area contributed by atoms with Gasteiger partial charge >= 0.3 is 5.97 Å². The molecule has 0 spiro atoms. The summed E-state index contributed by atoms with van der Waals surface area (Å²) in [5.41, 5.74) is 0.671. The van der Waals surface area contributed by atoms with E-state index in [1.807, 2.05) is 22.6 Å². The quantitative estimate of drug-likeness (QED) is 0.723. The standard InChI is InChI=1S/C13H11IN2O4S/c14-12-4-3-10(6-11(12)13(17)18)21(19,20)16-8-9-2-1-5-15-7-9/h1-7,16H,8H2,(H,17,18). The summed E-state index contributed by atoms with van der Waals surface area (Å²) in [4.78, 5) is 14.9. The van der Waals surface area contributed by atoms with Crippen molar-refractivity contribution in [2.75, 3.05) is 0 Å². The van der Waals surface area contributed by atoms with E-state index in [4.69, 9.17) is 5.11 Å². The number of sulfonamides is 1. The van der Waals surface area contributed by atoms with E-state index in [2.05, 4.69) is 9.71 Å². The third-order valence-corrected chi connectivity index (χ3v) is 5.01. The molecular formula is C13H11IN2O4S. The van der Waals surface area contributed by atoms with Crippen molar-refractivity contribution in [3.8, 4) is 0 Å². The summed E-state index contributed by atoms with van der Waals surface area (Å²) in [7, 11) is -3.78. The molecule has 110 valence electrons. The van der Waals surface area contributed by atoms with Crippen molar-refractivity contribution >= 4 is 38.6 Å². The highest BCUT2D eigenvalue weighted by molar-refractivity contribution is 14.1. The molecule has 0 bridgehead atoms. The first-order chi connectivity index (χ1) is 9.90. The molecule has 0 radical (unpaired) electrons. The molecule has 0 atom stereocenters. The van der Waals surface area contributed by atoms with E-state index >= 15 is 0 Å². The molecule has 6 nitrogen and oxygen atoms in total. The number of pyridine rings is 1. The van der Waals surface area contributed by atoms with E-state index < -0.39 is 16.0 Å². The molecule has 2 rings (SSSR count). The molecule has 1 aromatic carbocycles. The lowest BCUT2D eigenvalue weighted by atomic mass is 10.2. The van der Waals surface area contributed by atoms with Gasteiger partial charge in [-0.1, -0.05) is 6.07 Å². The third-order valence-electron chi connectivity index (χ3n) is 2.67. The normalized spacial score (nSPS) is 11.3. The molecule has 21 heavy (non-hydrogen) atoms. The summed E-state index contributed by atoms with van der Waals surface area (Å²) in [6.45, 7) is 0.0879. The van der Waals surface area contributed by atoms with Crippen molar-refractivity contribution in [3.63, 3.8) is 0 Å². The molecule has 0 aliphatic heterocycles. The van der Waals surface area contributed by atoms with Crippen LogP contribution in [0.1, 0.15) is 15.9 Å². The Labute approximate surface area is 135 Å². The average Bonchev–Trinajstić information content (AvgIpc) is 2.46. The number of hydrogen-bond acceptors (Lipinski definition) is 4. The number of halogens is 1. The summed E-state index contributed by atoms with van der Waals surface area (Å²) < 4.78 is 27.2. The molecule has 0 aliphatic rings. The van der Waals surface area contributed by atoms with Crippen molar-refractivity contribution in [1.29, 1.82) is 0 Å². The van der Waals surface area contributed by atoms with Crippen molar-refractivity contribution < 1.29 is 18.3 Å². The number of carboxylic acids is 1. The lowest BCUT2D eigenvalue weighted by molar-refractivity contribution is 0.0695. The van der Waals surface area contributed by atoms with Gasteiger partial charge in [0.1, 0.15) is 0 Å². The molecule has 2 aromatic rings. The Bertz CT molecular complexity index is 763. The number of benzene rings is 1. The van der Waals surface area contributed by atoms with Crippen LogP contribution in [0.4, 0.5) is 0 Å². The van der Waals surface area contributed by atoms with Crippen LogP contribution in [0.2, 0.25) is 0 Å². The van der Waals surface area contributed by atoms with E-state index in [1.54, 1.807) is 24.5 Å². The van der Waals surface area contributed by atoms with Gasteiger partial charge in [0.15, 0.2) is 0 Å². The Morgan fingerprint density at radius 1 is 1.33 bits per heavy atom. The SMILES string of the molecule is O=C(O)c1cc(S(=O)(=O)NCc2cccnc2)ccc1I. The predicted molar refractivity (Wildman–Crippen MR) is 84.4 cm³/mol. The minimum absolute atomic E-state index is 0.0418. The lowest BCUT2D eigenvalue weighted by Crippen LogP contribution is -2.23. The Kier molecular flexibility index (Phi) is 4.91. The maximum Gasteiger partial charge on any atom is 0.336 e. The molecule has 1 aromatic heterocycles. The van der Waals surface area contributed by atoms with Gasteiger partial charge in [-0.25, -0.2) is 17.9 Å². The summed E-state index contributed by atoms with van der Waals surface area (Å²) in [5, 5.41) is 9.04. The molecule has 1 heterocycles. The van der Waals surface area contributed by atoms with Gasteiger partial charge in [-0.15, -0.1) is 0 Å². The topological polar surface area (TPSA) is 96.4 Å². The lowest BCUT2D eigenvalue weighted by Gasteiger charge is -2.08. The van der Waals surface area contributed by atoms with Gasteiger partial charge < -0.3 is 5.11 Å². The number of nitrogens with zero attached hydrogens (tertiary/aromatic N) is 1. The minimum atomic E-state index is -3.78. The van der Waals surface area contributed by atoms with Gasteiger partial charge in [0.05, 0.1) is 10.5 Å². The van der Waals surface area contributed by atoms with E-state index in [9.17, 15) is 13.2 Å². The Morgan fingerprint density at radius 2 is 2.10 bits per heavy atom. The summed E-state index contributed by atoms with van der Waals surface area (Å²) in [5.74, 6) is -1.16. The van der Waals surface area contributed by atoms with Crippen LogP contribution in [0.25, 0.3) is 0 Å². The minimum Gasteiger partial charge on any atom is -0.478 e. The van der Waals surface area contributed by atoms with Crippen LogP contribution < -0.4 is 4.72 Å². The number of rotatable bonds is 5. The predicted octanol–water partition coefficient (Wildman–Crippen LogP) is 1.86. The van der Waals surface area contributed by atoms with Crippen LogP contribution in [0, 0.1) is 3.57 Å². The van der Waals surface area contributed by atoms with Crippen LogP contribution in [0.15, 0.2) is 47.6 Å². The molecule has 0 fully saturated rings. The van der Waals surface area contributed by atoms with Gasteiger partial charge in [-0.05, 0) is 52.4 Å². The average molecular weight is 418 g/mol.